The van der Waals surface area contributed by atoms with Gasteiger partial charge >= 0.3 is 5.97 Å². The number of nitrogens with one attached hydrogen (secondary N) is 1. The lowest BCUT2D eigenvalue weighted by atomic mass is 10.1. The quantitative estimate of drug-likeness (QED) is 0.471. The Hall–Kier alpha value is -3.31. The fourth-order valence-corrected chi connectivity index (χ4v) is 3.27. The fourth-order valence-electron chi connectivity index (χ4n) is 3.10. The van der Waals surface area contributed by atoms with Gasteiger partial charge in [0, 0.05) is 17.3 Å². The van der Waals surface area contributed by atoms with Gasteiger partial charge in [-0.05, 0) is 42.0 Å². The lowest BCUT2D eigenvalue weighted by Crippen LogP contribution is -2.05. The van der Waals surface area contributed by atoms with Crippen LogP contribution in [-0.2, 0) is 11.3 Å². The number of imidazole rings is 1. The van der Waals surface area contributed by atoms with Crippen LogP contribution in [0.5, 0.6) is 0 Å². The maximum Gasteiger partial charge on any atom is 0.340 e. The zero-order chi connectivity index (χ0) is 19.5. The molecule has 5 nitrogen and oxygen atoms in total. The summed E-state index contributed by atoms with van der Waals surface area (Å²) in [6, 6.07) is 21.2. The van der Waals surface area contributed by atoms with E-state index in [2.05, 4.69) is 27.0 Å². The van der Waals surface area contributed by atoms with Crippen LogP contribution in [0.15, 0.2) is 73.1 Å². The highest BCUT2D eigenvalue weighted by Gasteiger charge is 2.13. The maximum absolute atomic E-state index is 12.1. The second-order valence-electron chi connectivity index (χ2n) is 6.37. The van der Waals surface area contributed by atoms with E-state index in [0.717, 1.165) is 23.3 Å². The van der Waals surface area contributed by atoms with Crippen LogP contribution >= 0.6 is 11.6 Å². The molecule has 0 bridgehead atoms. The Labute approximate surface area is 167 Å². The Morgan fingerprint density at radius 3 is 2.71 bits per heavy atom. The Morgan fingerprint density at radius 1 is 1.11 bits per heavy atom. The van der Waals surface area contributed by atoms with Crippen molar-refractivity contribution in [3.8, 4) is 0 Å². The van der Waals surface area contributed by atoms with Crippen molar-refractivity contribution in [2.24, 2.45) is 0 Å². The van der Waals surface area contributed by atoms with Crippen molar-refractivity contribution in [2.45, 2.75) is 6.54 Å². The predicted octanol–water partition coefficient (Wildman–Crippen LogP) is 5.27. The van der Waals surface area contributed by atoms with Crippen LogP contribution in [0.1, 0.15) is 15.9 Å². The summed E-state index contributed by atoms with van der Waals surface area (Å²) in [7, 11) is 1.35. The van der Waals surface area contributed by atoms with Crippen molar-refractivity contribution in [3.63, 3.8) is 0 Å². The average molecular weight is 392 g/mol. The SMILES string of the molecule is COC(=O)c1cc(Cl)ccc1Nc1ccc2ncn(Cc3ccccc3)c2c1. The molecule has 0 aliphatic carbocycles. The summed E-state index contributed by atoms with van der Waals surface area (Å²) >= 11 is 6.03. The maximum atomic E-state index is 12.1. The molecular weight excluding hydrogens is 374 g/mol. The van der Waals surface area contributed by atoms with Gasteiger partial charge in [0.15, 0.2) is 0 Å². The molecule has 28 heavy (non-hydrogen) atoms. The Morgan fingerprint density at radius 2 is 1.93 bits per heavy atom. The van der Waals surface area contributed by atoms with Gasteiger partial charge in [-0.1, -0.05) is 41.9 Å². The normalized spacial score (nSPS) is 10.8. The first-order valence-electron chi connectivity index (χ1n) is 8.78. The number of ether oxygens (including phenoxy) is 1. The van der Waals surface area contributed by atoms with Gasteiger partial charge in [-0.25, -0.2) is 9.78 Å². The summed E-state index contributed by atoms with van der Waals surface area (Å²) in [5.41, 5.74) is 4.96. The molecule has 4 aromatic rings. The van der Waals surface area contributed by atoms with Crippen molar-refractivity contribution < 1.29 is 9.53 Å². The van der Waals surface area contributed by atoms with E-state index in [1.54, 1.807) is 18.2 Å². The molecule has 0 aliphatic heterocycles. The summed E-state index contributed by atoms with van der Waals surface area (Å²) in [5.74, 6) is -0.444. The lowest BCUT2D eigenvalue weighted by Gasteiger charge is -2.12. The first kappa shape index (κ1) is 18.1. The summed E-state index contributed by atoms with van der Waals surface area (Å²) < 4.78 is 6.96. The predicted molar refractivity (Wildman–Crippen MR) is 111 cm³/mol. The lowest BCUT2D eigenvalue weighted by molar-refractivity contribution is 0.0602. The number of anilines is 2. The van der Waals surface area contributed by atoms with Gasteiger partial charge in [0.05, 0.1) is 35.7 Å². The van der Waals surface area contributed by atoms with E-state index in [1.807, 2.05) is 42.7 Å². The molecule has 0 spiro atoms. The number of nitrogens with zero attached hydrogens (tertiary/aromatic N) is 2. The molecule has 0 atom stereocenters. The van der Waals surface area contributed by atoms with E-state index in [1.165, 1.54) is 12.7 Å². The van der Waals surface area contributed by atoms with E-state index in [0.29, 0.717) is 16.3 Å². The summed E-state index contributed by atoms with van der Waals surface area (Å²) in [4.78, 5) is 16.5. The van der Waals surface area contributed by atoms with Gasteiger partial charge in [-0.2, -0.15) is 0 Å². The van der Waals surface area contributed by atoms with Gasteiger partial charge in [0.25, 0.3) is 0 Å². The van der Waals surface area contributed by atoms with Crippen molar-refractivity contribution in [3.05, 3.63) is 89.2 Å². The van der Waals surface area contributed by atoms with Gasteiger partial charge in [-0.15, -0.1) is 0 Å². The number of carbonyl (C=O) groups excluding carboxylic acids is 1. The zero-order valence-electron chi connectivity index (χ0n) is 15.2. The third-order valence-electron chi connectivity index (χ3n) is 4.48. The Balaban J connectivity index is 1.67. The third kappa shape index (κ3) is 3.70. The number of carbonyl (C=O) groups is 1. The number of fused-ring (bicyclic) bond motifs is 1. The number of benzene rings is 3. The first-order chi connectivity index (χ1) is 13.6. The molecule has 0 aliphatic rings. The third-order valence-corrected chi connectivity index (χ3v) is 4.72. The van der Waals surface area contributed by atoms with Crippen molar-refractivity contribution in [1.82, 2.24) is 9.55 Å². The highest BCUT2D eigenvalue weighted by molar-refractivity contribution is 6.31. The highest BCUT2D eigenvalue weighted by Crippen LogP contribution is 2.27. The molecule has 1 aromatic heterocycles. The molecule has 0 radical (unpaired) electrons. The van der Waals surface area contributed by atoms with Crippen molar-refractivity contribution in [1.29, 1.82) is 0 Å². The van der Waals surface area contributed by atoms with E-state index < -0.39 is 5.97 Å². The van der Waals surface area contributed by atoms with Crippen LogP contribution in [0.2, 0.25) is 5.02 Å². The summed E-state index contributed by atoms with van der Waals surface area (Å²) in [6.07, 6.45) is 1.84. The molecule has 4 rings (SSSR count). The number of methoxy groups -OCH3 is 1. The second-order valence-corrected chi connectivity index (χ2v) is 6.80. The molecule has 0 amide bonds. The van der Waals surface area contributed by atoms with Crippen LogP contribution in [0.25, 0.3) is 11.0 Å². The van der Waals surface area contributed by atoms with Crippen LogP contribution in [0.4, 0.5) is 11.4 Å². The second kappa shape index (κ2) is 7.74. The van der Waals surface area contributed by atoms with Crippen molar-refractivity contribution in [2.75, 3.05) is 12.4 Å². The van der Waals surface area contributed by atoms with Gasteiger partial charge in [-0.3, -0.25) is 0 Å². The molecule has 0 unspecified atom stereocenters. The standard InChI is InChI=1S/C22H18ClN3O2/c1-28-22(27)18-11-16(23)7-9-19(18)25-17-8-10-20-21(12-17)26(14-24-20)13-15-5-3-2-4-6-15/h2-12,14,25H,13H2,1H3. The van der Waals surface area contributed by atoms with Gasteiger partial charge in [0.2, 0.25) is 0 Å². The first-order valence-corrected chi connectivity index (χ1v) is 9.15. The molecule has 0 saturated carbocycles. The largest absolute Gasteiger partial charge is 0.465 e. The summed E-state index contributed by atoms with van der Waals surface area (Å²) in [6.45, 7) is 0.731. The molecule has 0 saturated heterocycles. The van der Waals surface area contributed by atoms with Crippen LogP contribution < -0.4 is 5.32 Å². The number of aromatic nitrogens is 2. The minimum atomic E-state index is -0.444. The Bertz CT molecular complexity index is 1140. The minimum absolute atomic E-state index is 0.382. The van der Waals surface area contributed by atoms with Crippen LogP contribution in [0.3, 0.4) is 0 Å². The molecule has 6 heteroatoms. The molecule has 3 aromatic carbocycles. The van der Waals surface area contributed by atoms with E-state index in [4.69, 9.17) is 16.3 Å². The van der Waals surface area contributed by atoms with E-state index in [9.17, 15) is 4.79 Å². The molecule has 1 N–H and O–H groups in total. The van der Waals surface area contributed by atoms with E-state index >= 15 is 0 Å². The number of halogens is 1. The monoisotopic (exact) mass is 391 g/mol. The average Bonchev–Trinajstić information content (AvgIpc) is 3.11. The highest BCUT2D eigenvalue weighted by atomic mass is 35.5. The number of rotatable bonds is 5. The van der Waals surface area contributed by atoms with Gasteiger partial charge in [0.1, 0.15) is 0 Å². The van der Waals surface area contributed by atoms with Crippen LogP contribution in [-0.4, -0.2) is 22.6 Å². The minimum Gasteiger partial charge on any atom is -0.465 e. The van der Waals surface area contributed by atoms with Crippen LogP contribution in [0, 0.1) is 0 Å². The molecular formula is C22H18ClN3O2. The Kier molecular flexibility index (Phi) is 5.00. The summed E-state index contributed by atoms with van der Waals surface area (Å²) in [5, 5.41) is 3.76. The number of hydrogen-bond donors (Lipinski definition) is 1. The van der Waals surface area contributed by atoms with E-state index in [-0.39, 0.29) is 0 Å². The molecule has 0 fully saturated rings. The smallest absolute Gasteiger partial charge is 0.340 e. The molecule has 140 valence electrons. The fraction of sp³-hybridized carbons (Fsp3) is 0.0909. The topological polar surface area (TPSA) is 56.1 Å². The number of esters is 1. The molecule has 1 heterocycles. The van der Waals surface area contributed by atoms with Gasteiger partial charge < -0.3 is 14.6 Å². The number of hydrogen-bond acceptors (Lipinski definition) is 4. The van der Waals surface area contributed by atoms with Crippen molar-refractivity contribution >= 4 is 40.0 Å². The zero-order valence-corrected chi connectivity index (χ0v) is 16.0.